The first-order valence-electron chi connectivity index (χ1n) is 14.9. The van der Waals surface area contributed by atoms with Crippen molar-refractivity contribution in [2.24, 2.45) is 0 Å². The number of para-hydroxylation sites is 1. The molecule has 2 heteroatoms. The first-order chi connectivity index (χ1) is 21.8. The second kappa shape index (κ2) is 10.1. The number of hydrogen-bond acceptors (Lipinski definition) is 2. The molecule has 0 amide bonds. The molecule has 0 spiro atoms. The van der Waals surface area contributed by atoms with Crippen molar-refractivity contribution in [2.45, 2.75) is 0 Å². The van der Waals surface area contributed by atoms with Crippen LogP contribution >= 0.6 is 11.3 Å². The summed E-state index contributed by atoms with van der Waals surface area (Å²) in [5.74, 6) is 0. The van der Waals surface area contributed by atoms with Crippen LogP contribution in [0.3, 0.4) is 0 Å². The van der Waals surface area contributed by atoms with Gasteiger partial charge in [0, 0.05) is 36.5 Å². The van der Waals surface area contributed by atoms with Crippen LogP contribution in [0.25, 0.3) is 86.6 Å². The maximum Gasteiger partial charge on any atom is 0.136 e. The molecule has 206 valence electrons. The lowest BCUT2D eigenvalue weighted by Crippen LogP contribution is -1.87. The van der Waals surface area contributed by atoms with Crippen molar-refractivity contribution in [1.82, 2.24) is 0 Å². The van der Waals surface area contributed by atoms with Crippen molar-refractivity contribution >= 4 is 53.4 Å². The van der Waals surface area contributed by atoms with Crippen molar-refractivity contribution < 1.29 is 4.42 Å². The van der Waals surface area contributed by atoms with Gasteiger partial charge in [0.15, 0.2) is 0 Å². The Kier molecular flexibility index (Phi) is 5.75. The molecule has 7 aromatic carbocycles. The van der Waals surface area contributed by atoms with Crippen LogP contribution in [0.4, 0.5) is 0 Å². The molecule has 0 unspecified atom stereocenters. The topological polar surface area (TPSA) is 13.1 Å². The Hall–Kier alpha value is -5.44. The molecule has 0 radical (unpaired) electrons. The summed E-state index contributed by atoms with van der Waals surface area (Å²) in [4.78, 5) is 0. The summed E-state index contributed by atoms with van der Waals surface area (Å²) in [6.07, 6.45) is 0. The molecular weight excluding hydrogens is 553 g/mol. The Morgan fingerprint density at radius 1 is 0.341 bits per heavy atom. The summed E-state index contributed by atoms with van der Waals surface area (Å²) in [5, 5.41) is 4.89. The minimum atomic E-state index is 0.919. The van der Waals surface area contributed by atoms with Gasteiger partial charge in [-0.05, 0) is 81.4 Å². The molecule has 0 aliphatic rings. The number of furan rings is 1. The first-order valence-corrected chi connectivity index (χ1v) is 15.7. The molecule has 0 bridgehead atoms. The lowest BCUT2D eigenvalue weighted by molar-refractivity contribution is 0.669. The number of thiophene rings is 1. The largest absolute Gasteiger partial charge is 0.456 e. The summed E-state index contributed by atoms with van der Waals surface area (Å²) >= 11 is 1.87. The Morgan fingerprint density at radius 3 is 1.89 bits per heavy atom. The smallest absolute Gasteiger partial charge is 0.136 e. The molecule has 0 saturated carbocycles. The van der Waals surface area contributed by atoms with E-state index in [1.165, 1.54) is 64.7 Å². The van der Waals surface area contributed by atoms with Gasteiger partial charge in [-0.2, -0.15) is 0 Å². The minimum absolute atomic E-state index is 0.919. The number of rotatable bonds is 4. The van der Waals surface area contributed by atoms with E-state index in [1.807, 2.05) is 23.5 Å². The van der Waals surface area contributed by atoms with Crippen LogP contribution in [-0.2, 0) is 0 Å². The third-order valence-electron chi connectivity index (χ3n) is 8.69. The lowest BCUT2D eigenvalue weighted by atomic mass is 9.91. The molecular formula is C42H26OS. The molecule has 44 heavy (non-hydrogen) atoms. The van der Waals surface area contributed by atoms with Crippen molar-refractivity contribution in [3.05, 3.63) is 158 Å². The highest BCUT2D eigenvalue weighted by atomic mass is 32.1. The average Bonchev–Trinajstić information content (AvgIpc) is 3.66. The predicted molar refractivity (Wildman–Crippen MR) is 188 cm³/mol. The minimum Gasteiger partial charge on any atom is -0.456 e. The molecule has 0 fully saturated rings. The fourth-order valence-electron chi connectivity index (χ4n) is 6.57. The summed E-state index contributed by atoms with van der Waals surface area (Å²) < 4.78 is 8.92. The molecule has 0 N–H and O–H groups in total. The number of hydrogen-bond donors (Lipinski definition) is 0. The molecule has 2 aromatic heterocycles. The standard InChI is InChI=1S/C42H26OS/c1-2-11-27(12-3-1)32-15-4-5-16-33(32)29-14-10-13-28(23-29)31-24-37(42-38(25-31)36-18-7-9-20-41(36)44-42)30-21-22-35-34-17-6-8-19-39(34)43-40(35)26-30/h1-26H. The maximum absolute atomic E-state index is 6.32. The van der Waals surface area contributed by atoms with E-state index in [-0.39, 0.29) is 0 Å². The molecule has 1 nitrogen and oxygen atoms in total. The zero-order valence-corrected chi connectivity index (χ0v) is 24.6. The van der Waals surface area contributed by atoms with Gasteiger partial charge in [0.2, 0.25) is 0 Å². The Morgan fingerprint density at radius 2 is 1.00 bits per heavy atom. The third kappa shape index (κ3) is 4.07. The molecule has 0 atom stereocenters. The zero-order valence-electron chi connectivity index (χ0n) is 23.8. The van der Waals surface area contributed by atoms with Gasteiger partial charge in [-0.3, -0.25) is 0 Å². The van der Waals surface area contributed by atoms with Crippen LogP contribution in [0.1, 0.15) is 0 Å². The summed E-state index contributed by atoms with van der Waals surface area (Å²) in [6.45, 7) is 0. The second-order valence-electron chi connectivity index (χ2n) is 11.3. The molecule has 2 heterocycles. The van der Waals surface area contributed by atoms with Crippen molar-refractivity contribution in [3.63, 3.8) is 0 Å². The van der Waals surface area contributed by atoms with Crippen LogP contribution in [0.5, 0.6) is 0 Å². The van der Waals surface area contributed by atoms with Gasteiger partial charge in [-0.1, -0.05) is 115 Å². The van der Waals surface area contributed by atoms with E-state index in [1.54, 1.807) is 0 Å². The van der Waals surface area contributed by atoms with Crippen molar-refractivity contribution in [2.75, 3.05) is 0 Å². The van der Waals surface area contributed by atoms with Crippen LogP contribution in [-0.4, -0.2) is 0 Å². The fourth-order valence-corrected chi connectivity index (χ4v) is 7.79. The van der Waals surface area contributed by atoms with Crippen LogP contribution < -0.4 is 0 Å². The van der Waals surface area contributed by atoms with E-state index in [2.05, 4.69) is 146 Å². The van der Waals surface area contributed by atoms with Gasteiger partial charge in [0.1, 0.15) is 11.2 Å². The van der Waals surface area contributed by atoms with Crippen molar-refractivity contribution in [1.29, 1.82) is 0 Å². The molecule has 0 aliphatic heterocycles. The van der Waals surface area contributed by atoms with Gasteiger partial charge in [0.05, 0.1) is 0 Å². The van der Waals surface area contributed by atoms with Crippen LogP contribution in [0.15, 0.2) is 162 Å². The SMILES string of the molecule is c1ccc(-c2ccccc2-c2cccc(-c3cc(-c4ccc5c(c4)oc4ccccc45)c4sc5ccccc5c4c3)c2)cc1. The number of fused-ring (bicyclic) bond motifs is 6. The van der Waals surface area contributed by atoms with Gasteiger partial charge >= 0.3 is 0 Å². The van der Waals surface area contributed by atoms with E-state index in [0.29, 0.717) is 0 Å². The Labute approximate surface area is 259 Å². The maximum atomic E-state index is 6.32. The monoisotopic (exact) mass is 578 g/mol. The van der Waals surface area contributed by atoms with E-state index in [0.717, 1.165) is 21.9 Å². The van der Waals surface area contributed by atoms with Crippen LogP contribution in [0, 0.1) is 0 Å². The Balaban J connectivity index is 1.25. The summed E-state index contributed by atoms with van der Waals surface area (Å²) in [6, 6.07) is 56.8. The molecule has 0 aliphatic carbocycles. The van der Waals surface area contributed by atoms with Gasteiger partial charge < -0.3 is 4.42 Å². The highest BCUT2D eigenvalue weighted by Gasteiger charge is 2.16. The third-order valence-corrected chi connectivity index (χ3v) is 9.91. The van der Waals surface area contributed by atoms with E-state index < -0.39 is 0 Å². The lowest BCUT2D eigenvalue weighted by Gasteiger charge is -2.13. The average molecular weight is 579 g/mol. The summed E-state index contributed by atoms with van der Waals surface area (Å²) in [5.41, 5.74) is 11.6. The molecule has 9 rings (SSSR count). The van der Waals surface area contributed by atoms with Gasteiger partial charge in [0.25, 0.3) is 0 Å². The van der Waals surface area contributed by atoms with Crippen LogP contribution in [0.2, 0.25) is 0 Å². The zero-order chi connectivity index (χ0) is 29.0. The predicted octanol–water partition coefficient (Wildman–Crippen LogP) is 12.6. The first kappa shape index (κ1) is 25.1. The van der Waals surface area contributed by atoms with Crippen molar-refractivity contribution in [3.8, 4) is 44.5 Å². The van der Waals surface area contributed by atoms with E-state index in [4.69, 9.17) is 4.42 Å². The second-order valence-corrected chi connectivity index (χ2v) is 12.4. The molecule has 9 aromatic rings. The Bertz CT molecular complexity index is 2500. The highest BCUT2D eigenvalue weighted by Crippen LogP contribution is 2.44. The highest BCUT2D eigenvalue weighted by molar-refractivity contribution is 7.26. The van der Waals surface area contributed by atoms with E-state index >= 15 is 0 Å². The van der Waals surface area contributed by atoms with Gasteiger partial charge in [-0.15, -0.1) is 11.3 Å². The van der Waals surface area contributed by atoms with E-state index in [9.17, 15) is 0 Å². The summed E-state index contributed by atoms with van der Waals surface area (Å²) in [7, 11) is 0. The molecule has 0 saturated heterocycles. The quantitative estimate of drug-likeness (QED) is 0.202. The number of benzene rings is 7. The van der Waals surface area contributed by atoms with Gasteiger partial charge in [-0.25, -0.2) is 0 Å². The normalized spacial score (nSPS) is 11.6. The fraction of sp³-hybridized carbons (Fsp3) is 0.